The van der Waals surface area contributed by atoms with E-state index in [9.17, 15) is 22.8 Å². The SMILES string of the molecule is O=C(Nc1nc2cc(C(F)(F)F)ccc2n1Cc1ccco1)c1ccc(NC(=O)C2CC2)cc1. The highest BCUT2D eigenvalue weighted by Crippen LogP contribution is 2.33. The number of nitrogens with one attached hydrogen (secondary N) is 2. The van der Waals surface area contributed by atoms with Gasteiger partial charge in [0.05, 0.1) is 29.4 Å². The Morgan fingerprint density at radius 3 is 2.47 bits per heavy atom. The lowest BCUT2D eigenvalue weighted by Crippen LogP contribution is -2.17. The summed E-state index contributed by atoms with van der Waals surface area (Å²) in [6, 6.07) is 13.0. The molecule has 174 valence electrons. The highest BCUT2D eigenvalue weighted by Gasteiger charge is 2.31. The quantitative estimate of drug-likeness (QED) is 0.402. The minimum Gasteiger partial charge on any atom is -0.467 e. The largest absolute Gasteiger partial charge is 0.467 e. The number of amides is 2. The molecule has 10 heteroatoms. The number of furan rings is 1. The Bertz CT molecular complexity index is 1350. The summed E-state index contributed by atoms with van der Waals surface area (Å²) in [5.41, 5.74) is 0.562. The van der Waals surface area contributed by atoms with Gasteiger partial charge in [-0.3, -0.25) is 14.9 Å². The Balaban J connectivity index is 1.42. The topological polar surface area (TPSA) is 89.2 Å². The zero-order chi connectivity index (χ0) is 23.9. The molecule has 2 N–H and O–H groups in total. The average molecular weight is 468 g/mol. The maximum absolute atomic E-state index is 13.2. The van der Waals surface area contributed by atoms with Crippen molar-refractivity contribution in [2.45, 2.75) is 25.6 Å². The highest BCUT2D eigenvalue weighted by atomic mass is 19.4. The molecule has 5 rings (SSSR count). The Morgan fingerprint density at radius 2 is 1.82 bits per heavy atom. The van der Waals surface area contributed by atoms with Gasteiger partial charge in [-0.1, -0.05) is 0 Å². The van der Waals surface area contributed by atoms with Crippen LogP contribution in [0.2, 0.25) is 0 Å². The lowest BCUT2D eigenvalue weighted by Gasteiger charge is -2.10. The van der Waals surface area contributed by atoms with Gasteiger partial charge in [0, 0.05) is 17.2 Å². The molecule has 4 aromatic rings. The number of hydrogen-bond acceptors (Lipinski definition) is 4. The van der Waals surface area contributed by atoms with Crippen molar-refractivity contribution in [1.82, 2.24) is 9.55 Å². The number of carbonyl (C=O) groups is 2. The summed E-state index contributed by atoms with van der Waals surface area (Å²) in [5.74, 6) is 0.157. The maximum Gasteiger partial charge on any atom is 0.416 e. The van der Waals surface area contributed by atoms with Crippen molar-refractivity contribution in [3.8, 4) is 0 Å². The molecule has 0 atom stereocenters. The maximum atomic E-state index is 13.2. The smallest absolute Gasteiger partial charge is 0.416 e. The molecule has 2 aromatic heterocycles. The first-order chi connectivity index (χ1) is 16.3. The molecule has 0 unspecified atom stereocenters. The van der Waals surface area contributed by atoms with Gasteiger partial charge in [0.25, 0.3) is 5.91 Å². The van der Waals surface area contributed by atoms with Gasteiger partial charge < -0.3 is 14.3 Å². The van der Waals surface area contributed by atoms with Gasteiger partial charge >= 0.3 is 6.18 Å². The van der Waals surface area contributed by atoms with Crippen LogP contribution < -0.4 is 10.6 Å². The first kappa shape index (κ1) is 21.7. The zero-order valence-corrected chi connectivity index (χ0v) is 17.7. The van der Waals surface area contributed by atoms with Gasteiger partial charge in [0.1, 0.15) is 5.76 Å². The van der Waals surface area contributed by atoms with Crippen molar-refractivity contribution in [3.63, 3.8) is 0 Å². The molecule has 0 spiro atoms. The van der Waals surface area contributed by atoms with Crippen LogP contribution in [0.15, 0.2) is 65.3 Å². The molecule has 7 nitrogen and oxygen atoms in total. The molecule has 1 fully saturated rings. The van der Waals surface area contributed by atoms with Crippen LogP contribution in [0.3, 0.4) is 0 Å². The van der Waals surface area contributed by atoms with Crippen LogP contribution in [0.1, 0.15) is 34.5 Å². The van der Waals surface area contributed by atoms with Gasteiger partial charge in [0.2, 0.25) is 11.9 Å². The Labute approximate surface area is 191 Å². The second-order valence-electron chi connectivity index (χ2n) is 8.10. The van der Waals surface area contributed by atoms with Crippen molar-refractivity contribution in [1.29, 1.82) is 0 Å². The number of alkyl halides is 3. The lowest BCUT2D eigenvalue weighted by atomic mass is 10.2. The zero-order valence-electron chi connectivity index (χ0n) is 17.7. The van der Waals surface area contributed by atoms with Gasteiger partial charge in [0.15, 0.2) is 0 Å². The Kier molecular flexibility index (Phi) is 5.35. The van der Waals surface area contributed by atoms with Crippen LogP contribution in [0.25, 0.3) is 11.0 Å². The van der Waals surface area contributed by atoms with Gasteiger partial charge in [-0.15, -0.1) is 0 Å². The summed E-state index contributed by atoms with van der Waals surface area (Å²) in [4.78, 5) is 29.0. The van der Waals surface area contributed by atoms with E-state index in [1.54, 1.807) is 41.0 Å². The lowest BCUT2D eigenvalue weighted by molar-refractivity contribution is -0.137. The Hall–Kier alpha value is -4.08. The van der Waals surface area contributed by atoms with E-state index in [0.29, 0.717) is 22.5 Å². The number of aromatic nitrogens is 2. The minimum absolute atomic E-state index is 0.0397. The minimum atomic E-state index is -4.51. The Morgan fingerprint density at radius 1 is 1.06 bits per heavy atom. The number of benzene rings is 2. The summed E-state index contributed by atoms with van der Waals surface area (Å²) < 4.78 is 46.5. The van der Waals surface area contributed by atoms with E-state index in [1.165, 1.54) is 12.3 Å². The van der Waals surface area contributed by atoms with E-state index in [4.69, 9.17) is 4.42 Å². The highest BCUT2D eigenvalue weighted by molar-refractivity contribution is 6.04. The predicted octanol–water partition coefficient (Wildman–Crippen LogP) is 5.30. The van der Waals surface area contributed by atoms with Crippen LogP contribution in [0, 0.1) is 5.92 Å². The number of halogens is 3. The number of hydrogen-bond donors (Lipinski definition) is 2. The van der Waals surface area contributed by atoms with E-state index < -0.39 is 17.6 Å². The van der Waals surface area contributed by atoms with Crippen LogP contribution in [0.4, 0.5) is 24.8 Å². The second kappa shape index (κ2) is 8.36. The molecule has 2 aromatic carbocycles. The molecule has 0 saturated heterocycles. The molecule has 34 heavy (non-hydrogen) atoms. The summed E-state index contributed by atoms with van der Waals surface area (Å²) in [6.45, 7) is 0.163. The van der Waals surface area contributed by atoms with Crippen molar-refractivity contribution in [2.24, 2.45) is 5.92 Å². The standard InChI is InChI=1S/C24H19F3N4O3/c25-24(26,27)16-7-10-20-19(12-16)29-23(31(20)13-18-2-1-11-34-18)30-22(33)15-5-8-17(9-6-15)28-21(32)14-3-4-14/h1-2,5-12,14H,3-4,13H2,(H,28,32)(H,29,30,33). The number of carbonyl (C=O) groups excluding carboxylic acids is 2. The van der Waals surface area contributed by atoms with Crippen molar-refractivity contribution in [3.05, 3.63) is 77.7 Å². The van der Waals surface area contributed by atoms with Gasteiger partial charge in [-0.05, 0) is 67.4 Å². The van der Waals surface area contributed by atoms with Crippen molar-refractivity contribution < 1.29 is 27.2 Å². The molecule has 1 saturated carbocycles. The van der Waals surface area contributed by atoms with Gasteiger partial charge in [-0.25, -0.2) is 4.98 Å². The molecule has 2 heterocycles. The van der Waals surface area contributed by atoms with Crippen molar-refractivity contribution >= 4 is 34.5 Å². The average Bonchev–Trinajstić information content (AvgIpc) is 3.44. The van der Waals surface area contributed by atoms with E-state index in [0.717, 1.165) is 25.0 Å². The third-order valence-corrected chi connectivity index (χ3v) is 5.56. The fourth-order valence-corrected chi connectivity index (χ4v) is 3.59. The third-order valence-electron chi connectivity index (χ3n) is 5.56. The molecule has 0 aliphatic heterocycles. The molecular formula is C24H19F3N4O3. The van der Waals surface area contributed by atoms with Gasteiger partial charge in [-0.2, -0.15) is 13.2 Å². The number of anilines is 2. The fraction of sp³-hybridized carbons (Fsp3) is 0.208. The number of nitrogens with zero attached hydrogens (tertiary/aromatic N) is 2. The third kappa shape index (κ3) is 4.52. The second-order valence-corrected chi connectivity index (χ2v) is 8.10. The summed E-state index contributed by atoms with van der Waals surface area (Å²) in [7, 11) is 0. The molecule has 1 aliphatic rings. The first-order valence-corrected chi connectivity index (χ1v) is 10.6. The molecule has 0 bridgehead atoms. The van der Waals surface area contributed by atoms with Crippen LogP contribution in [-0.4, -0.2) is 21.4 Å². The molecule has 2 amide bonds. The monoisotopic (exact) mass is 468 g/mol. The molecular weight excluding hydrogens is 449 g/mol. The normalized spacial score (nSPS) is 13.7. The van der Waals surface area contributed by atoms with Crippen LogP contribution >= 0.6 is 0 Å². The molecule has 1 aliphatic carbocycles. The summed E-state index contributed by atoms with van der Waals surface area (Å²) in [5, 5.41) is 5.48. The van der Waals surface area contributed by atoms with E-state index in [-0.39, 0.29) is 29.8 Å². The van der Waals surface area contributed by atoms with Crippen molar-refractivity contribution in [2.75, 3.05) is 10.6 Å². The van der Waals surface area contributed by atoms with Crippen LogP contribution in [0.5, 0.6) is 0 Å². The van der Waals surface area contributed by atoms with Crippen LogP contribution in [-0.2, 0) is 17.5 Å². The molecule has 0 radical (unpaired) electrons. The van der Waals surface area contributed by atoms with E-state index >= 15 is 0 Å². The summed E-state index contributed by atoms with van der Waals surface area (Å²) >= 11 is 0. The number of rotatable bonds is 6. The predicted molar refractivity (Wildman–Crippen MR) is 118 cm³/mol. The summed E-state index contributed by atoms with van der Waals surface area (Å²) in [6.07, 6.45) is -1.26. The van der Waals surface area contributed by atoms with E-state index in [2.05, 4.69) is 15.6 Å². The van der Waals surface area contributed by atoms with E-state index in [1.807, 2.05) is 0 Å². The fourth-order valence-electron chi connectivity index (χ4n) is 3.59. The number of fused-ring (bicyclic) bond motifs is 1. The first-order valence-electron chi connectivity index (χ1n) is 10.6. The number of imidazole rings is 1.